The van der Waals surface area contributed by atoms with Crippen molar-refractivity contribution in [2.45, 2.75) is 6.04 Å². The van der Waals surface area contributed by atoms with E-state index in [1.165, 1.54) is 5.57 Å². The molecule has 1 N–H and O–H groups in total. The van der Waals surface area contributed by atoms with Gasteiger partial charge in [-0.05, 0) is 62.9 Å². The smallest absolute Gasteiger partial charge is 0.202 e. The average Bonchev–Trinajstić information content (AvgIpc) is 3.57. The van der Waals surface area contributed by atoms with E-state index < -0.39 is 0 Å². The lowest BCUT2D eigenvalue weighted by atomic mass is 9.90. The first-order valence-corrected chi connectivity index (χ1v) is 17.2. The van der Waals surface area contributed by atoms with Crippen LogP contribution in [0.25, 0.3) is 84.2 Å². The first-order chi connectivity index (χ1) is 25.3. The monoisotopic (exact) mass is 654 g/mol. The van der Waals surface area contributed by atoms with E-state index in [-0.39, 0.29) is 6.04 Å². The number of anilines is 1. The molecule has 0 saturated carbocycles. The number of nitrogens with zero attached hydrogens (tertiary/aromatic N) is 3. The Balaban J connectivity index is 1.15. The highest BCUT2D eigenvalue weighted by Gasteiger charge is 2.26. The summed E-state index contributed by atoms with van der Waals surface area (Å²) in [5.74, 6) is 2.69. The Labute approximate surface area is 295 Å². The third-order valence-corrected chi connectivity index (χ3v) is 9.76. The summed E-state index contributed by atoms with van der Waals surface area (Å²) in [5.41, 5.74) is 10.5. The third kappa shape index (κ3) is 5.06. The van der Waals surface area contributed by atoms with Crippen LogP contribution in [-0.2, 0) is 0 Å². The number of fused-ring (bicyclic) bond motifs is 5. The van der Waals surface area contributed by atoms with Crippen molar-refractivity contribution >= 4 is 33.7 Å². The zero-order valence-corrected chi connectivity index (χ0v) is 27.5. The Bertz CT molecular complexity index is 2720. The second-order valence-electron chi connectivity index (χ2n) is 12.9. The van der Waals surface area contributed by atoms with Gasteiger partial charge < -0.3 is 9.73 Å². The molecule has 8 aromatic rings. The van der Waals surface area contributed by atoms with Gasteiger partial charge in [-0.15, -0.1) is 0 Å². The predicted octanol–water partition coefficient (Wildman–Crippen LogP) is 11.4. The molecule has 6 aromatic carbocycles. The summed E-state index contributed by atoms with van der Waals surface area (Å²) in [5, 5.41) is 6.86. The molecule has 2 aliphatic rings. The van der Waals surface area contributed by atoms with Crippen molar-refractivity contribution in [3.05, 3.63) is 175 Å². The maximum atomic E-state index is 6.41. The predicted molar refractivity (Wildman–Crippen MR) is 208 cm³/mol. The number of furan rings is 1. The van der Waals surface area contributed by atoms with Crippen LogP contribution in [0.2, 0.25) is 0 Å². The highest BCUT2D eigenvalue weighted by atomic mass is 16.4. The van der Waals surface area contributed by atoms with Crippen LogP contribution in [0, 0.1) is 0 Å². The fourth-order valence-corrected chi connectivity index (χ4v) is 7.31. The zero-order chi connectivity index (χ0) is 33.7. The summed E-state index contributed by atoms with van der Waals surface area (Å²) in [6.45, 7) is 0. The van der Waals surface area contributed by atoms with Gasteiger partial charge in [0.1, 0.15) is 5.58 Å². The highest BCUT2D eigenvalue weighted by Crippen LogP contribution is 2.44. The lowest BCUT2D eigenvalue weighted by molar-refractivity contribution is 0.622. The number of aromatic nitrogens is 3. The molecular weight excluding hydrogens is 625 g/mol. The van der Waals surface area contributed by atoms with Gasteiger partial charge >= 0.3 is 0 Å². The Kier molecular flexibility index (Phi) is 6.81. The minimum Gasteiger partial charge on any atom is -0.440 e. The molecule has 0 bridgehead atoms. The van der Waals surface area contributed by atoms with Gasteiger partial charge in [-0.25, -0.2) is 15.0 Å². The lowest BCUT2D eigenvalue weighted by Crippen LogP contribution is -2.22. The van der Waals surface area contributed by atoms with Crippen molar-refractivity contribution in [1.29, 1.82) is 0 Å². The van der Waals surface area contributed by atoms with Gasteiger partial charge in [0.25, 0.3) is 0 Å². The van der Waals surface area contributed by atoms with E-state index in [1.807, 2.05) is 42.5 Å². The van der Waals surface area contributed by atoms with Crippen LogP contribution in [0.15, 0.2) is 174 Å². The van der Waals surface area contributed by atoms with Crippen molar-refractivity contribution < 1.29 is 4.42 Å². The topological polar surface area (TPSA) is 63.8 Å². The van der Waals surface area contributed by atoms with E-state index in [0.29, 0.717) is 17.5 Å². The Morgan fingerprint density at radius 1 is 0.510 bits per heavy atom. The summed E-state index contributed by atoms with van der Waals surface area (Å²) >= 11 is 0. The van der Waals surface area contributed by atoms with Crippen molar-refractivity contribution in [3.63, 3.8) is 0 Å². The van der Waals surface area contributed by atoms with E-state index in [2.05, 4.69) is 133 Å². The van der Waals surface area contributed by atoms with E-state index >= 15 is 0 Å². The number of hydrogen-bond acceptors (Lipinski definition) is 5. The first kappa shape index (κ1) is 29.1. The molecule has 240 valence electrons. The second kappa shape index (κ2) is 11.9. The Morgan fingerprint density at radius 3 is 1.98 bits per heavy atom. The standard InChI is InChI=1S/C46H30N4O/c1-3-13-29(14-4-1)31-18-11-19-33(27-31)44-48-43(30-15-5-2-6-16-30)49-45(50-44)38-26-25-36(34-20-8-9-21-35(34)38)37-22-12-24-41-42(37)39-28-32-17-7-10-23-40(32)47-46(39)51-41/h1-28,40,47H. The van der Waals surface area contributed by atoms with E-state index in [1.54, 1.807) is 0 Å². The molecule has 0 amide bonds. The minimum absolute atomic E-state index is 0.110. The van der Waals surface area contributed by atoms with Crippen LogP contribution in [0.5, 0.6) is 0 Å². The van der Waals surface area contributed by atoms with E-state index in [0.717, 1.165) is 72.1 Å². The largest absolute Gasteiger partial charge is 0.440 e. The summed E-state index contributed by atoms with van der Waals surface area (Å²) in [4.78, 5) is 15.3. The van der Waals surface area contributed by atoms with Gasteiger partial charge in [0.05, 0.1) is 6.04 Å². The molecule has 0 spiro atoms. The minimum atomic E-state index is 0.110. The summed E-state index contributed by atoms with van der Waals surface area (Å²) < 4.78 is 6.41. The van der Waals surface area contributed by atoms with Crippen LogP contribution in [-0.4, -0.2) is 21.0 Å². The Morgan fingerprint density at radius 2 is 1.16 bits per heavy atom. The zero-order valence-electron chi connectivity index (χ0n) is 27.5. The van der Waals surface area contributed by atoms with Crippen LogP contribution < -0.4 is 5.32 Å². The molecule has 51 heavy (non-hydrogen) atoms. The number of rotatable bonds is 5. The molecule has 2 aromatic heterocycles. The number of hydrogen-bond donors (Lipinski definition) is 1. The third-order valence-electron chi connectivity index (χ3n) is 9.76. The molecular formula is C46H30N4O. The number of allylic oxidation sites excluding steroid dienone is 2. The van der Waals surface area contributed by atoms with Gasteiger partial charge in [0.15, 0.2) is 17.5 Å². The van der Waals surface area contributed by atoms with Crippen LogP contribution >= 0.6 is 0 Å². The molecule has 1 aliphatic carbocycles. The van der Waals surface area contributed by atoms with Gasteiger partial charge in [-0.3, -0.25) is 0 Å². The molecule has 0 radical (unpaired) electrons. The fourth-order valence-electron chi connectivity index (χ4n) is 7.31. The van der Waals surface area contributed by atoms with E-state index in [4.69, 9.17) is 19.4 Å². The first-order valence-electron chi connectivity index (χ1n) is 17.2. The fraction of sp³-hybridized carbons (Fsp3) is 0.0217. The van der Waals surface area contributed by atoms with Gasteiger partial charge in [0.2, 0.25) is 5.88 Å². The summed E-state index contributed by atoms with van der Waals surface area (Å²) in [6.07, 6.45) is 10.7. The average molecular weight is 655 g/mol. The van der Waals surface area contributed by atoms with Crippen LogP contribution in [0.3, 0.4) is 0 Å². The molecule has 3 heterocycles. The quantitative estimate of drug-likeness (QED) is 0.200. The number of benzene rings is 6. The molecule has 1 unspecified atom stereocenters. The molecule has 0 saturated heterocycles. The molecule has 5 heteroatoms. The summed E-state index contributed by atoms with van der Waals surface area (Å²) in [6, 6.07) is 48.2. The molecule has 1 atom stereocenters. The van der Waals surface area contributed by atoms with Crippen LogP contribution in [0.4, 0.5) is 5.88 Å². The summed E-state index contributed by atoms with van der Waals surface area (Å²) in [7, 11) is 0. The normalized spacial score (nSPS) is 14.6. The van der Waals surface area contributed by atoms with Crippen molar-refractivity contribution in [3.8, 4) is 56.4 Å². The molecule has 0 fully saturated rings. The Hall–Kier alpha value is -6.85. The maximum absolute atomic E-state index is 6.41. The molecule has 10 rings (SSSR count). The van der Waals surface area contributed by atoms with Gasteiger partial charge in [-0.2, -0.15) is 0 Å². The van der Waals surface area contributed by atoms with Gasteiger partial charge in [-0.1, -0.05) is 146 Å². The lowest BCUT2D eigenvalue weighted by Gasteiger charge is -2.23. The molecule has 5 nitrogen and oxygen atoms in total. The number of nitrogens with one attached hydrogen (secondary N) is 1. The highest BCUT2D eigenvalue weighted by molar-refractivity contribution is 6.11. The van der Waals surface area contributed by atoms with E-state index in [9.17, 15) is 0 Å². The second-order valence-corrected chi connectivity index (χ2v) is 12.9. The van der Waals surface area contributed by atoms with Crippen molar-refractivity contribution in [2.24, 2.45) is 0 Å². The van der Waals surface area contributed by atoms with Crippen molar-refractivity contribution in [1.82, 2.24) is 15.0 Å². The maximum Gasteiger partial charge on any atom is 0.202 e. The SMILES string of the molecule is C1=CC2=Cc3c(oc4cccc(-c5ccc(-c6nc(-c7ccccc7)nc(-c7cccc(-c8ccccc8)c7)n6)c6ccccc56)c34)NC2C=C1. The van der Waals surface area contributed by atoms with Gasteiger partial charge in [0, 0.05) is 27.6 Å². The molecule has 1 aliphatic heterocycles. The van der Waals surface area contributed by atoms with Crippen molar-refractivity contribution in [2.75, 3.05) is 5.32 Å². The van der Waals surface area contributed by atoms with Crippen LogP contribution in [0.1, 0.15) is 5.56 Å².